The molecular formula is C20H39NO3. The van der Waals surface area contributed by atoms with Crippen LogP contribution in [0.4, 0.5) is 0 Å². The first-order valence-corrected chi connectivity index (χ1v) is 10.2. The number of nitrogens with zero attached hydrogens (tertiary/aromatic N) is 1. The molecule has 0 aromatic rings. The zero-order valence-corrected chi connectivity index (χ0v) is 16.1. The molecule has 0 aliphatic heterocycles. The Morgan fingerprint density at radius 1 is 1.12 bits per heavy atom. The van der Waals surface area contributed by atoms with Crippen molar-refractivity contribution in [1.29, 1.82) is 0 Å². The zero-order chi connectivity index (χ0) is 17.8. The second kappa shape index (κ2) is 12.7. The van der Waals surface area contributed by atoms with E-state index < -0.39 is 6.10 Å². The van der Waals surface area contributed by atoms with Crippen molar-refractivity contribution in [1.82, 2.24) is 4.90 Å². The van der Waals surface area contributed by atoms with E-state index >= 15 is 0 Å². The van der Waals surface area contributed by atoms with E-state index in [1.54, 1.807) is 0 Å². The molecule has 0 aromatic carbocycles. The van der Waals surface area contributed by atoms with Gasteiger partial charge in [0.05, 0.1) is 12.0 Å². The average molecular weight is 342 g/mol. The summed E-state index contributed by atoms with van der Waals surface area (Å²) in [6.45, 7) is 9.56. The largest absolute Gasteiger partial charge is 0.464 e. The van der Waals surface area contributed by atoms with Crippen LogP contribution in [0.3, 0.4) is 0 Å². The minimum absolute atomic E-state index is 0.168. The number of hydrogen-bond donors (Lipinski definition) is 1. The van der Waals surface area contributed by atoms with Crippen LogP contribution in [0.25, 0.3) is 0 Å². The molecule has 1 aliphatic carbocycles. The number of carbonyl (C=O) groups excluding carboxylic acids is 1. The van der Waals surface area contributed by atoms with Gasteiger partial charge in [-0.3, -0.25) is 4.79 Å². The van der Waals surface area contributed by atoms with Gasteiger partial charge in [-0.15, -0.1) is 0 Å². The fourth-order valence-corrected chi connectivity index (χ4v) is 3.85. The van der Waals surface area contributed by atoms with Gasteiger partial charge < -0.3 is 14.7 Å². The summed E-state index contributed by atoms with van der Waals surface area (Å²) >= 11 is 0. The van der Waals surface area contributed by atoms with Gasteiger partial charge >= 0.3 is 5.97 Å². The van der Waals surface area contributed by atoms with Gasteiger partial charge in [-0.2, -0.15) is 0 Å². The standard InChI is InChI=1S/C20H39NO3/c1-4-7-9-14-18(22)19(17-12-10-8-11-13-17)20(23)24-16-15-21(5-2)6-3/h17-19,22H,4-16H2,1-3H3. The summed E-state index contributed by atoms with van der Waals surface area (Å²) in [5.41, 5.74) is 0. The molecule has 4 nitrogen and oxygen atoms in total. The fourth-order valence-electron chi connectivity index (χ4n) is 3.85. The lowest BCUT2D eigenvalue weighted by atomic mass is 9.76. The number of likely N-dealkylation sites (N-methyl/N-ethyl adjacent to an activating group) is 1. The fraction of sp³-hybridized carbons (Fsp3) is 0.950. The molecule has 2 unspecified atom stereocenters. The molecule has 0 heterocycles. The number of esters is 1. The average Bonchev–Trinajstić information content (AvgIpc) is 2.60. The van der Waals surface area contributed by atoms with E-state index in [-0.39, 0.29) is 11.9 Å². The highest BCUT2D eigenvalue weighted by Gasteiger charge is 2.36. The Hall–Kier alpha value is -0.610. The predicted octanol–water partition coefficient (Wildman–Crippen LogP) is 4.01. The third-order valence-electron chi connectivity index (χ3n) is 5.49. The Morgan fingerprint density at radius 2 is 1.79 bits per heavy atom. The van der Waals surface area contributed by atoms with Crippen LogP contribution >= 0.6 is 0 Å². The topological polar surface area (TPSA) is 49.8 Å². The van der Waals surface area contributed by atoms with Crippen LogP contribution in [0, 0.1) is 11.8 Å². The second-order valence-corrected chi connectivity index (χ2v) is 7.18. The molecule has 0 bridgehead atoms. The number of rotatable bonds is 12. The quantitative estimate of drug-likeness (QED) is 0.430. The van der Waals surface area contributed by atoms with Gasteiger partial charge in [-0.25, -0.2) is 0 Å². The van der Waals surface area contributed by atoms with Crippen LogP contribution in [0.5, 0.6) is 0 Å². The maximum Gasteiger partial charge on any atom is 0.311 e. The van der Waals surface area contributed by atoms with Crippen molar-refractivity contribution in [2.75, 3.05) is 26.2 Å². The van der Waals surface area contributed by atoms with Crippen LogP contribution in [-0.2, 0) is 9.53 Å². The molecule has 4 heteroatoms. The van der Waals surface area contributed by atoms with Crippen LogP contribution in [-0.4, -0.2) is 48.3 Å². The van der Waals surface area contributed by atoms with Gasteiger partial charge in [0.1, 0.15) is 6.61 Å². The Labute approximate surface area is 148 Å². The zero-order valence-electron chi connectivity index (χ0n) is 16.1. The van der Waals surface area contributed by atoms with Gasteiger partial charge in [0.25, 0.3) is 0 Å². The normalized spacial score (nSPS) is 18.5. The Morgan fingerprint density at radius 3 is 2.38 bits per heavy atom. The number of carbonyl (C=O) groups is 1. The lowest BCUT2D eigenvalue weighted by molar-refractivity contribution is -0.157. The monoisotopic (exact) mass is 341 g/mol. The van der Waals surface area contributed by atoms with Crippen molar-refractivity contribution in [2.24, 2.45) is 11.8 Å². The lowest BCUT2D eigenvalue weighted by Crippen LogP contribution is -2.38. The number of aliphatic hydroxyl groups is 1. The lowest BCUT2D eigenvalue weighted by Gasteiger charge is -2.32. The molecule has 1 aliphatic rings. The van der Waals surface area contributed by atoms with E-state index in [2.05, 4.69) is 25.7 Å². The molecular weight excluding hydrogens is 302 g/mol. The third-order valence-corrected chi connectivity index (χ3v) is 5.49. The van der Waals surface area contributed by atoms with Crippen LogP contribution in [0.2, 0.25) is 0 Å². The maximum atomic E-state index is 12.7. The van der Waals surface area contributed by atoms with E-state index in [0.717, 1.165) is 58.2 Å². The molecule has 0 amide bonds. The molecule has 1 saturated carbocycles. The van der Waals surface area contributed by atoms with E-state index in [1.165, 1.54) is 19.3 Å². The number of ether oxygens (including phenoxy) is 1. The van der Waals surface area contributed by atoms with Crippen molar-refractivity contribution in [2.45, 2.75) is 84.7 Å². The van der Waals surface area contributed by atoms with Gasteiger partial charge in [0.2, 0.25) is 0 Å². The first-order chi connectivity index (χ1) is 11.6. The molecule has 0 aromatic heterocycles. The number of aliphatic hydroxyl groups excluding tert-OH is 1. The molecule has 0 radical (unpaired) electrons. The molecule has 1 fully saturated rings. The van der Waals surface area contributed by atoms with Crippen molar-refractivity contribution in [3.8, 4) is 0 Å². The number of hydrogen-bond acceptors (Lipinski definition) is 4. The first-order valence-electron chi connectivity index (χ1n) is 10.2. The summed E-state index contributed by atoms with van der Waals surface area (Å²) in [6, 6.07) is 0. The van der Waals surface area contributed by atoms with Crippen LogP contribution < -0.4 is 0 Å². The Balaban J connectivity index is 2.56. The van der Waals surface area contributed by atoms with Gasteiger partial charge in [0, 0.05) is 6.54 Å². The van der Waals surface area contributed by atoms with E-state index in [4.69, 9.17) is 4.74 Å². The highest BCUT2D eigenvalue weighted by Crippen LogP contribution is 2.34. The molecule has 24 heavy (non-hydrogen) atoms. The maximum absolute atomic E-state index is 12.7. The molecule has 0 saturated heterocycles. The minimum Gasteiger partial charge on any atom is -0.464 e. The highest BCUT2D eigenvalue weighted by molar-refractivity contribution is 5.73. The van der Waals surface area contributed by atoms with E-state index in [9.17, 15) is 9.90 Å². The van der Waals surface area contributed by atoms with Gasteiger partial charge in [0.15, 0.2) is 0 Å². The third kappa shape index (κ3) is 7.52. The number of unbranched alkanes of at least 4 members (excludes halogenated alkanes) is 2. The molecule has 1 N–H and O–H groups in total. The smallest absolute Gasteiger partial charge is 0.311 e. The van der Waals surface area contributed by atoms with Crippen molar-refractivity contribution in [3.05, 3.63) is 0 Å². The summed E-state index contributed by atoms with van der Waals surface area (Å²) < 4.78 is 5.58. The van der Waals surface area contributed by atoms with Gasteiger partial charge in [-0.1, -0.05) is 59.3 Å². The summed E-state index contributed by atoms with van der Waals surface area (Å²) in [4.78, 5) is 14.9. The highest BCUT2D eigenvalue weighted by atomic mass is 16.5. The Bertz CT molecular complexity index is 325. The molecule has 2 atom stereocenters. The molecule has 142 valence electrons. The molecule has 1 rings (SSSR count). The predicted molar refractivity (Wildman–Crippen MR) is 99.0 cm³/mol. The molecule has 0 spiro atoms. The van der Waals surface area contributed by atoms with E-state index in [1.807, 2.05) is 0 Å². The summed E-state index contributed by atoms with van der Waals surface area (Å²) in [5.74, 6) is -0.187. The van der Waals surface area contributed by atoms with Crippen LogP contribution in [0.15, 0.2) is 0 Å². The SMILES string of the molecule is CCCCCC(O)C(C(=O)OCCN(CC)CC)C1CCCCC1. The van der Waals surface area contributed by atoms with Crippen molar-refractivity contribution < 1.29 is 14.6 Å². The minimum atomic E-state index is -0.541. The van der Waals surface area contributed by atoms with E-state index in [0.29, 0.717) is 12.5 Å². The first kappa shape index (κ1) is 21.4. The van der Waals surface area contributed by atoms with Crippen molar-refractivity contribution >= 4 is 5.97 Å². The van der Waals surface area contributed by atoms with Gasteiger partial charge in [-0.05, 0) is 38.3 Å². The van der Waals surface area contributed by atoms with Crippen LogP contribution in [0.1, 0.15) is 78.6 Å². The second-order valence-electron chi connectivity index (χ2n) is 7.18. The van der Waals surface area contributed by atoms with Crippen molar-refractivity contribution in [3.63, 3.8) is 0 Å². The Kier molecular flexibility index (Phi) is 11.4. The summed E-state index contributed by atoms with van der Waals surface area (Å²) in [5, 5.41) is 10.6. The summed E-state index contributed by atoms with van der Waals surface area (Å²) in [7, 11) is 0. The summed E-state index contributed by atoms with van der Waals surface area (Å²) in [6.07, 6.45) is 9.15.